The Balaban J connectivity index is 1.68. The fourth-order valence-electron chi connectivity index (χ4n) is 5.91. The van der Waals surface area contributed by atoms with E-state index in [-0.39, 0.29) is 53.0 Å². The van der Waals surface area contributed by atoms with Gasteiger partial charge in [-0.2, -0.15) is 5.10 Å². The Morgan fingerprint density at radius 2 is 1.86 bits per heavy atom. The number of benzene rings is 2. The van der Waals surface area contributed by atoms with Crippen LogP contribution in [-0.4, -0.2) is 81.0 Å². The molecule has 0 radical (unpaired) electrons. The zero-order valence-corrected chi connectivity index (χ0v) is 23.1. The van der Waals surface area contributed by atoms with Crippen LogP contribution in [0.15, 0.2) is 23.3 Å². The molecule has 2 aromatic carbocycles. The molecule has 0 spiro atoms. The van der Waals surface area contributed by atoms with Crippen LogP contribution in [0, 0.1) is 0 Å². The van der Waals surface area contributed by atoms with Crippen molar-refractivity contribution in [2.24, 2.45) is 16.6 Å². The number of ketones is 2. The van der Waals surface area contributed by atoms with E-state index in [1.165, 1.54) is 32.2 Å². The van der Waals surface area contributed by atoms with Gasteiger partial charge in [0, 0.05) is 42.0 Å². The molecule has 224 valence electrons. The van der Waals surface area contributed by atoms with Crippen molar-refractivity contribution in [1.29, 1.82) is 0 Å². The summed E-state index contributed by atoms with van der Waals surface area (Å²) in [6.07, 6.45) is -4.54. The van der Waals surface area contributed by atoms with E-state index in [9.17, 15) is 34.8 Å². The molecule has 2 aromatic rings. The molecule has 3 aliphatic rings. The Labute approximate surface area is 239 Å². The minimum atomic E-state index is -1.89. The first-order valence-corrected chi connectivity index (χ1v) is 13.2. The maximum absolute atomic E-state index is 13.8. The van der Waals surface area contributed by atoms with Crippen LogP contribution in [0.25, 0.3) is 0 Å². The Bertz CT molecular complexity index is 1510. The highest BCUT2D eigenvalue weighted by atomic mass is 16.7. The van der Waals surface area contributed by atoms with Crippen LogP contribution in [0.4, 0.5) is 4.79 Å². The Morgan fingerprint density at radius 3 is 2.50 bits per heavy atom. The Morgan fingerprint density at radius 1 is 1.17 bits per heavy atom. The molecular weight excluding hydrogens is 552 g/mol. The van der Waals surface area contributed by atoms with Crippen molar-refractivity contribution in [1.82, 2.24) is 5.43 Å². The number of carbonyl (C=O) groups is 3. The van der Waals surface area contributed by atoms with Gasteiger partial charge in [-0.1, -0.05) is 12.1 Å². The van der Waals surface area contributed by atoms with Gasteiger partial charge in [0.15, 0.2) is 12.1 Å². The second-order valence-corrected chi connectivity index (χ2v) is 10.8. The number of phenols is 2. The van der Waals surface area contributed by atoms with Crippen molar-refractivity contribution < 1.29 is 49.0 Å². The van der Waals surface area contributed by atoms with Gasteiger partial charge in [0.2, 0.25) is 5.78 Å². The summed E-state index contributed by atoms with van der Waals surface area (Å²) in [5.74, 6) is -2.61. The van der Waals surface area contributed by atoms with E-state index in [1.54, 1.807) is 6.92 Å². The van der Waals surface area contributed by atoms with Crippen LogP contribution in [0.5, 0.6) is 17.2 Å². The van der Waals surface area contributed by atoms with Gasteiger partial charge in [0.1, 0.15) is 22.8 Å². The van der Waals surface area contributed by atoms with E-state index >= 15 is 0 Å². The maximum Gasteiger partial charge on any atom is 0.332 e. The number of rotatable bonds is 5. The number of nitrogens with two attached hydrogens (primary N) is 2. The number of aromatic hydroxyl groups is 2. The van der Waals surface area contributed by atoms with Crippen molar-refractivity contribution in [2.75, 3.05) is 7.11 Å². The van der Waals surface area contributed by atoms with Crippen molar-refractivity contribution in [3.63, 3.8) is 0 Å². The highest BCUT2D eigenvalue weighted by Gasteiger charge is 2.49. The molecule has 0 bridgehead atoms. The van der Waals surface area contributed by atoms with Crippen molar-refractivity contribution >= 4 is 23.3 Å². The topological polar surface area (TPSA) is 236 Å². The average Bonchev–Trinajstić information content (AvgIpc) is 2.94. The first kappa shape index (κ1) is 29.4. The molecular formula is C28H32N4O10. The molecule has 6 unspecified atom stereocenters. The summed E-state index contributed by atoms with van der Waals surface area (Å²) < 4.78 is 17.3. The zero-order chi connectivity index (χ0) is 30.7. The number of methoxy groups -OCH3 is 1. The number of nitrogens with one attached hydrogen (secondary N) is 1. The van der Waals surface area contributed by atoms with Gasteiger partial charge in [0.05, 0.1) is 47.8 Å². The van der Waals surface area contributed by atoms with E-state index < -0.39 is 76.5 Å². The molecule has 14 heteroatoms. The number of fused-ring (bicyclic) bond motifs is 3. The van der Waals surface area contributed by atoms with E-state index in [2.05, 4.69) is 5.10 Å². The predicted octanol–water partition coefficient (Wildman–Crippen LogP) is 0.484. The third kappa shape index (κ3) is 4.66. The molecule has 1 fully saturated rings. The summed E-state index contributed by atoms with van der Waals surface area (Å²) in [7, 11) is 1.33. The largest absolute Gasteiger partial charge is 0.507 e. The maximum atomic E-state index is 13.8. The molecule has 0 aromatic heterocycles. The highest BCUT2D eigenvalue weighted by Crippen LogP contribution is 2.52. The molecule has 1 saturated heterocycles. The lowest BCUT2D eigenvalue weighted by atomic mass is 9.72. The first-order chi connectivity index (χ1) is 19.8. The summed E-state index contributed by atoms with van der Waals surface area (Å²) in [5, 5.41) is 48.9. The van der Waals surface area contributed by atoms with E-state index in [0.29, 0.717) is 0 Å². The number of phenolic OH excluding ortho intramolecular Hbond substituents is 2. The SMILES string of the molecule is COc1cccc2c1C(=O)c1c(O)c3c(c(O)c1C2=O)CC(O)(C(C)=NNC(N)=O)CC3OC1CC(N)C(O)C(C)O1. The first-order valence-electron chi connectivity index (χ1n) is 13.2. The van der Waals surface area contributed by atoms with Gasteiger partial charge in [0.25, 0.3) is 0 Å². The summed E-state index contributed by atoms with van der Waals surface area (Å²) in [4.78, 5) is 38.7. The van der Waals surface area contributed by atoms with Crippen LogP contribution >= 0.6 is 0 Å². The highest BCUT2D eigenvalue weighted by molar-refractivity contribution is 6.31. The standard InChI is InChI=1S/C28H32N4O10/c1-10-22(33)14(29)7-17(41-10)42-16-9-28(39,11(2)31-32-27(30)38)8-13-19(16)26(37)21-20(24(13)35)23(34)12-5-4-6-15(40-3)18(12)25(21)36/h4-6,10,14,16-17,22,33,35,37,39H,7-9,29H2,1-3H3,(H3,30,32,38). The van der Waals surface area contributed by atoms with Gasteiger partial charge in [-0.15, -0.1) is 0 Å². The molecule has 6 atom stereocenters. The summed E-state index contributed by atoms with van der Waals surface area (Å²) >= 11 is 0. The molecule has 14 nitrogen and oxygen atoms in total. The molecule has 2 amide bonds. The molecule has 5 rings (SSSR count). The number of carbonyl (C=O) groups excluding carboxylic acids is 3. The number of aliphatic hydroxyl groups is 2. The number of nitrogens with zero attached hydrogens (tertiary/aromatic N) is 1. The Kier molecular flexibility index (Phi) is 7.45. The number of aliphatic hydroxyl groups excluding tert-OH is 1. The molecule has 0 saturated carbocycles. The molecule has 42 heavy (non-hydrogen) atoms. The lowest BCUT2D eigenvalue weighted by molar-refractivity contribution is -0.245. The molecule has 1 aliphatic heterocycles. The second-order valence-electron chi connectivity index (χ2n) is 10.8. The number of urea groups is 1. The Hall–Kier alpha value is -4.08. The number of hydrazone groups is 1. The van der Waals surface area contributed by atoms with E-state index in [0.717, 1.165) is 0 Å². The number of amides is 2. The van der Waals surface area contributed by atoms with Crippen LogP contribution < -0.4 is 21.6 Å². The van der Waals surface area contributed by atoms with Crippen molar-refractivity contribution in [3.05, 3.63) is 51.6 Å². The lowest BCUT2D eigenvalue weighted by Gasteiger charge is -2.42. The average molecular weight is 585 g/mol. The van der Waals surface area contributed by atoms with Crippen LogP contribution in [0.3, 0.4) is 0 Å². The van der Waals surface area contributed by atoms with Crippen LogP contribution in [0.2, 0.25) is 0 Å². The van der Waals surface area contributed by atoms with Gasteiger partial charge >= 0.3 is 6.03 Å². The number of primary amides is 1. The quantitative estimate of drug-likeness (QED) is 0.124. The summed E-state index contributed by atoms with van der Waals surface area (Å²) in [5.41, 5.74) is 10.3. The van der Waals surface area contributed by atoms with Gasteiger partial charge in [-0.25, -0.2) is 10.2 Å². The zero-order valence-electron chi connectivity index (χ0n) is 23.1. The fourth-order valence-corrected chi connectivity index (χ4v) is 5.91. The minimum absolute atomic E-state index is 0.0142. The number of hydrogen-bond donors (Lipinski definition) is 7. The van der Waals surface area contributed by atoms with Crippen LogP contribution in [0.1, 0.15) is 75.8 Å². The summed E-state index contributed by atoms with van der Waals surface area (Å²) in [6.45, 7) is 3.02. The smallest absolute Gasteiger partial charge is 0.332 e. The third-order valence-electron chi connectivity index (χ3n) is 8.15. The molecule has 2 aliphatic carbocycles. The van der Waals surface area contributed by atoms with Crippen LogP contribution in [-0.2, 0) is 15.9 Å². The predicted molar refractivity (Wildman–Crippen MR) is 145 cm³/mol. The van der Waals surface area contributed by atoms with Gasteiger partial charge in [-0.3, -0.25) is 9.59 Å². The number of ether oxygens (including phenoxy) is 3. The molecule has 9 N–H and O–H groups in total. The lowest BCUT2D eigenvalue weighted by Crippen LogP contribution is -2.52. The summed E-state index contributed by atoms with van der Waals surface area (Å²) in [6, 6.07) is 2.73. The van der Waals surface area contributed by atoms with Gasteiger partial charge < -0.3 is 46.1 Å². The normalized spacial score (nSPS) is 28.9. The van der Waals surface area contributed by atoms with Gasteiger partial charge in [-0.05, 0) is 19.9 Å². The fraction of sp³-hybridized carbons (Fsp3) is 0.429. The number of hydrogen-bond acceptors (Lipinski definition) is 12. The minimum Gasteiger partial charge on any atom is -0.507 e. The monoisotopic (exact) mass is 584 g/mol. The third-order valence-corrected chi connectivity index (χ3v) is 8.15. The van der Waals surface area contributed by atoms with E-state index in [1.807, 2.05) is 5.43 Å². The van der Waals surface area contributed by atoms with Crippen molar-refractivity contribution in [2.45, 2.75) is 69.4 Å². The van der Waals surface area contributed by atoms with Crippen molar-refractivity contribution in [3.8, 4) is 17.2 Å². The second kappa shape index (κ2) is 10.6. The molecule has 1 heterocycles. The van der Waals surface area contributed by atoms with E-state index in [4.69, 9.17) is 25.7 Å².